The van der Waals surface area contributed by atoms with Gasteiger partial charge in [0.05, 0.1) is 0 Å². The third-order valence-corrected chi connectivity index (χ3v) is 2.59. The van der Waals surface area contributed by atoms with Crippen LogP contribution in [0.5, 0.6) is 0 Å². The molecule has 0 bridgehead atoms. The smallest absolute Gasteiger partial charge is 0.126 e. The van der Waals surface area contributed by atoms with Gasteiger partial charge in [-0.2, -0.15) is 0 Å². The number of halogens is 1. The van der Waals surface area contributed by atoms with E-state index in [1.165, 1.54) is 6.07 Å². The normalized spacial score (nSPS) is 11.7. The Labute approximate surface area is 104 Å². The number of nitrogens with one attached hydrogen (secondary N) is 1. The summed E-state index contributed by atoms with van der Waals surface area (Å²) in [7, 11) is 0. The molecule has 1 N–H and O–H groups in total. The molecule has 94 valence electrons. The summed E-state index contributed by atoms with van der Waals surface area (Å²) < 4.78 is 13.7. The standard InChI is InChI=1S/C15H22FN/c1-10(2)17-11(3)12-7-8-14(16)13(9-12)15(4,5)6/h7-10,17H,3H2,1-2,4-6H3. The van der Waals surface area contributed by atoms with Crippen molar-refractivity contribution in [1.82, 2.24) is 5.32 Å². The summed E-state index contributed by atoms with van der Waals surface area (Å²) in [4.78, 5) is 0. The molecule has 0 aromatic heterocycles. The SMILES string of the molecule is C=C(NC(C)C)c1ccc(F)c(C(C)(C)C)c1. The molecule has 1 rings (SSSR count). The van der Waals surface area contributed by atoms with Gasteiger partial charge in [-0.25, -0.2) is 4.39 Å². The molecule has 0 fully saturated rings. The number of benzene rings is 1. The van der Waals surface area contributed by atoms with E-state index in [1.807, 2.05) is 26.8 Å². The van der Waals surface area contributed by atoms with E-state index in [4.69, 9.17) is 0 Å². The number of hydrogen-bond donors (Lipinski definition) is 1. The molecule has 0 aliphatic carbocycles. The fourth-order valence-electron chi connectivity index (χ4n) is 1.72. The predicted octanol–water partition coefficient (Wildman–Crippen LogP) is 4.09. The van der Waals surface area contributed by atoms with Crippen molar-refractivity contribution in [3.05, 3.63) is 41.7 Å². The lowest BCUT2D eigenvalue weighted by Gasteiger charge is -2.22. The van der Waals surface area contributed by atoms with Crippen molar-refractivity contribution in [1.29, 1.82) is 0 Å². The molecule has 0 saturated heterocycles. The first-order valence-electron chi connectivity index (χ1n) is 5.97. The van der Waals surface area contributed by atoms with Crippen LogP contribution in [0.2, 0.25) is 0 Å². The monoisotopic (exact) mass is 235 g/mol. The minimum Gasteiger partial charge on any atom is -0.383 e. The largest absolute Gasteiger partial charge is 0.383 e. The van der Waals surface area contributed by atoms with Crippen LogP contribution in [-0.4, -0.2) is 6.04 Å². The van der Waals surface area contributed by atoms with E-state index in [2.05, 4.69) is 25.7 Å². The summed E-state index contributed by atoms with van der Waals surface area (Å²) in [6, 6.07) is 5.49. The van der Waals surface area contributed by atoms with Crippen molar-refractivity contribution in [2.75, 3.05) is 0 Å². The Bertz CT molecular complexity index is 413. The van der Waals surface area contributed by atoms with E-state index >= 15 is 0 Å². The van der Waals surface area contributed by atoms with Crippen molar-refractivity contribution in [3.63, 3.8) is 0 Å². The van der Waals surface area contributed by atoms with Gasteiger partial charge in [0.1, 0.15) is 5.82 Å². The van der Waals surface area contributed by atoms with Gasteiger partial charge in [-0.15, -0.1) is 0 Å². The van der Waals surface area contributed by atoms with Gasteiger partial charge in [0.15, 0.2) is 0 Å². The predicted molar refractivity (Wildman–Crippen MR) is 72.4 cm³/mol. The fraction of sp³-hybridized carbons (Fsp3) is 0.467. The average molecular weight is 235 g/mol. The Kier molecular flexibility index (Phi) is 3.97. The Morgan fingerprint density at radius 1 is 1.29 bits per heavy atom. The van der Waals surface area contributed by atoms with Crippen LogP contribution in [0.15, 0.2) is 24.8 Å². The molecule has 0 saturated carbocycles. The summed E-state index contributed by atoms with van der Waals surface area (Å²) in [6.45, 7) is 14.1. The highest BCUT2D eigenvalue weighted by Crippen LogP contribution is 2.27. The molecule has 17 heavy (non-hydrogen) atoms. The van der Waals surface area contributed by atoms with Gasteiger partial charge in [0, 0.05) is 11.7 Å². The van der Waals surface area contributed by atoms with Gasteiger partial charge in [-0.1, -0.05) is 33.4 Å². The summed E-state index contributed by atoms with van der Waals surface area (Å²) >= 11 is 0. The molecule has 1 aromatic rings. The molecule has 0 aliphatic heterocycles. The van der Waals surface area contributed by atoms with Crippen molar-refractivity contribution in [2.24, 2.45) is 0 Å². The maximum absolute atomic E-state index is 13.7. The first-order chi connectivity index (χ1) is 7.71. The molecular formula is C15H22FN. The van der Waals surface area contributed by atoms with E-state index in [-0.39, 0.29) is 11.2 Å². The van der Waals surface area contributed by atoms with Crippen LogP contribution in [0.25, 0.3) is 5.70 Å². The van der Waals surface area contributed by atoms with Crippen LogP contribution >= 0.6 is 0 Å². The second-order valence-corrected chi connectivity index (χ2v) is 5.72. The third-order valence-electron chi connectivity index (χ3n) is 2.59. The Balaban J connectivity index is 3.09. The lowest BCUT2D eigenvalue weighted by Crippen LogP contribution is -2.21. The lowest BCUT2D eigenvalue weighted by molar-refractivity contribution is 0.522. The van der Waals surface area contributed by atoms with Gasteiger partial charge in [-0.05, 0) is 42.5 Å². The quantitative estimate of drug-likeness (QED) is 0.832. The molecule has 0 aliphatic rings. The van der Waals surface area contributed by atoms with Crippen LogP contribution < -0.4 is 5.32 Å². The summed E-state index contributed by atoms with van der Waals surface area (Å²) in [5, 5.41) is 3.24. The maximum Gasteiger partial charge on any atom is 0.126 e. The minimum atomic E-state index is -0.196. The highest BCUT2D eigenvalue weighted by atomic mass is 19.1. The highest BCUT2D eigenvalue weighted by molar-refractivity contribution is 5.62. The van der Waals surface area contributed by atoms with Gasteiger partial charge in [0.25, 0.3) is 0 Å². The topological polar surface area (TPSA) is 12.0 Å². The molecule has 0 unspecified atom stereocenters. The van der Waals surface area contributed by atoms with E-state index in [0.29, 0.717) is 6.04 Å². The highest BCUT2D eigenvalue weighted by Gasteiger charge is 2.19. The molecule has 1 nitrogen and oxygen atoms in total. The fourth-order valence-corrected chi connectivity index (χ4v) is 1.72. The zero-order valence-electron chi connectivity index (χ0n) is 11.4. The zero-order chi connectivity index (χ0) is 13.2. The molecule has 0 atom stereocenters. The van der Waals surface area contributed by atoms with E-state index < -0.39 is 0 Å². The van der Waals surface area contributed by atoms with Gasteiger partial charge >= 0.3 is 0 Å². The molecule has 2 heteroatoms. The van der Waals surface area contributed by atoms with Crippen molar-refractivity contribution in [2.45, 2.75) is 46.1 Å². The second kappa shape index (κ2) is 4.91. The summed E-state index contributed by atoms with van der Waals surface area (Å²) in [5.41, 5.74) is 2.32. The molecular weight excluding hydrogens is 213 g/mol. The third kappa shape index (κ3) is 3.58. The van der Waals surface area contributed by atoms with Crippen LogP contribution in [0, 0.1) is 5.82 Å². The zero-order valence-corrected chi connectivity index (χ0v) is 11.4. The Morgan fingerprint density at radius 2 is 1.88 bits per heavy atom. The van der Waals surface area contributed by atoms with Crippen LogP contribution in [0.3, 0.4) is 0 Å². The summed E-state index contributed by atoms with van der Waals surface area (Å²) in [5.74, 6) is -0.154. The molecule has 0 radical (unpaired) electrons. The molecule has 1 aromatic carbocycles. The van der Waals surface area contributed by atoms with E-state index in [9.17, 15) is 4.39 Å². The van der Waals surface area contributed by atoms with E-state index in [1.54, 1.807) is 6.07 Å². The Morgan fingerprint density at radius 3 is 2.35 bits per heavy atom. The first kappa shape index (κ1) is 13.8. The van der Waals surface area contributed by atoms with Crippen molar-refractivity contribution >= 4 is 5.70 Å². The van der Waals surface area contributed by atoms with Gasteiger partial charge in [-0.3, -0.25) is 0 Å². The van der Waals surface area contributed by atoms with E-state index in [0.717, 1.165) is 16.8 Å². The minimum absolute atomic E-state index is 0.154. The van der Waals surface area contributed by atoms with Crippen molar-refractivity contribution < 1.29 is 4.39 Å². The maximum atomic E-state index is 13.7. The van der Waals surface area contributed by atoms with Crippen molar-refractivity contribution in [3.8, 4) is 0 Å². The average Bonchev–Trinajstić information content (AvgIpc) is 2.15. The van der Waals surface area contributed by atoms with Gasteiger partial charge < -0.3 is 5.32 Å². The second-order valence-electron chi connectivity index (χ2n) is 5.72. The molecule has 0 amide bonds. The van der Waals surface area contributed by atoms with Crippen LogP contribution in [-0.2, 0) is 5.41 Å². The first-order valence-corrected chi connectivity index (χ1v) is 5.97. The molecule has 0 spiro atoms. The number of rotatable bonds is 3. The Hall–Kier alpha value is -1.31. The van der Waals surface area contributed by atoms with Crippen LogP contribution in [0.1, 0.15) is 45.7 Å². The van der Waals surface area contributed by atoms with Gasteiger partial charge in [0.2, 0.25) is 0 Å². The lowest BCUT2D eigenvalue weighted by atomic mass is 9.85. The van der Waals surface area contributed by atoms with Crippen LogP contribution in [0.4, 0.5) is 4.39 Å². The summed E-state index contributed by atoms with van der Waals surface area (Å²) in [6.07, 6.45) is 0. The molecule has 0 heterocycles. The number of hydrogen-bond acceptors (Lipinski definition) is 1.